The highest BCUT2D eigenvalue weighted by Gasteiger charge is 1.93. The Kier molecular flexibility index (Phi) is 6.57. The van der Waals surface area contributed by atoms with Crippen LogP contribution in [0, 0.1) is 0 Å². The van der Waals surface area contributed by atoms with Crippen LogP contribution in [0.5, 0.6) is 0 Å². The number of aromatic amines is 1. The molecule has 1 N–H and O–H groups in total. The molecule has 0 unspecified atom stereocenters. The summed E-state index contributed by atoms with van der Waals surface area (Å²) in [6, 6.07) is 0. The van der Waals surface area contributed by atoms with Crippen molar-refractivity contribution in [3.8, 4) is 0 Å². The van der Waals surface area contributed by atoms with E-state index in [9.17, 15) is 0 Å². The van der Waals surface area contributed by atoms with Crippen LogP contribution in [0.15, 0.2) is 0 Å². The first kappa shape index (κ1) is 10.1. The maximum Gasteiger partial charge on any atom is 0.174 e. The van der Waals surface area contributed by atoms with Crippen molar-refractivity contribution in [1.29, 1.82) is 0 Å². The molecule has 0 amide bonds. The number of unbranched alkanes of at least 4 members (excludes halogenated alkanes) is 1. The van der Waals surface area contributed by atoms with Gasteiger partial charge >= 0.3 is 0 Å². The Morgan fingerprint density at radius 1 is 1.36 bits per heavy atom. The number of aromatic nitrogens is 4. The zero-order chi connectivity index (χ0) is 8.53. The summed E-state index contributed by atoms with van der Waals surface area (Å²) in [6.07, 6.45) is 3.25. The first-order valence-electron chi connectivity index (χ1n) is 4.16. The van der Waals surface area contributed by atoms with Crippen molar-refractivity contribution < 1.29 is 0 Å². The minimum Gasteiger partial charge on any atom is -0.177 e. The van der Waals surface area contributed by atoms with E-state index in [1.54, 1.807) is 0 Å². The Bertz CT molecular complexity index is 147. The van der Waals surface area contributed by atoms with Crippen LogP contribution in [0.4, 0.5) is 0 Å². The van der Waals surface area contributed by atoms with Crippen LogP contribution in [0.1, 0.15) is 39.4 Å². The molecule has 0 aliphatic rings. The van der Waals surface area contributed by atoms with Gasteiger partial charge in [-0.3, -0.25) is 0 Å². The molecular formula is C7H16N4. The number of hydrogen-bond acceptors (Lipinski definition) is 3. The molecule has 0 radical (unpaired) electrons. The van der Waals surface area contributed by atoms with E-state index in [-0.39, 0.29) is 0 Å². The summed E-state index contributed by atoms with van der Waals surface area (Å²) in [6.45, 7) is 6.14. The summed E-state index contributed by atoms with van der Waals surface area (Å²) in [7, 11) is 0. The minimum absolute atomic E-state index is 0.817. The van der Waals surface area contributed by atoms with Crippen molar-refractivity contribution in [2.45, 2.75) is 40.0 Å². The molecule has 0 saturated carbocycles. The van der Waals surface area contributed by atoms with Crippen molar-refractivity contribution in [2.75, 3.05) is 0 Å². The van der Waals surface area contributed by atoms with Gasteiger partial charge in [-0.25, -0.2) is 0 Å². The van der Waals surface area contributed by atoms with E-state index in [1.807, 2.05) is 13.8 Å². The molecule has 11 heavy (non-hydrogen) atoms. The number of H-pyrrole nitrogens is 1. The first-order valence-corrected chi connectivity index (χ1v) is 4.16. The summed E-state index contributed by atoms with van der Waals surface area (Å²) in [5.74, 6) is 0.817. The van der Waals surface area contributed by atoms with E-state index < -0.39 is 0 Å². The first-order chi connectivity index (χ1) is 5.43. The number of hydrogen-bond donors (Lipinski definition) is 1. The lowest BCUT2D eigenvalue weighted by molar-refractivity contribution is 0.754. The number of nitrogens with one attached hydrogen (secondary N) is 1. The Labute approximate surface area is 67.4 Å². The Morgan fingerprint density at radius 2 is 2.09 bits per heavy atom. The number of nitrogens with zero attached hydrogens (tertiary/aromatic N) is 3. The molecule has 0 bridgehead atoms. The van der Waals surface area contributed by atoms with Gasteiger partial charge in [0, 0.05) is 6.42 Å². The van der Waals surface area contributed by atoms with Crippen molar-refractivity contribution in [3.05, 3.63) is 5.82 Å². The zero-order valence-electron chi connectivity index (χ0n) is 7.46. The third-order valence-electron chi connectivity index (χ3n) is 1.14. The molecule has 0 saturated heterocycles. The van der Waals surface area contributed by atoms with Crippen molar-refractivity contribution >= 4 is 0 Å². The minimum atomic E-state index is 0.817. The normalized spacial score (nSPS) is 8.64. The predicted octanol–water partition coefficient (Wildman–Crippen LogP) is 1.57. The molecular weight excluding hydrogens is 140 g/mol. The van der Waals surface area contributed by atoms with E-state index in [2.05, 4.69) is 27.5 Å². The Hall–Kier alpha value is -0.930. The highest BCUT2D eigenvalue weighted by Crippen LogP contribution is 1.93. The molecule has 4 heteroatoms. The molecule has 1 rings (SSSR count). The number of aryl methyl sites for hydroxylation is 1. The second-order valence-electron chi connectivity index (χ2n) is 1.93. The average Bonchev–Trinajstić information content (AvgIpc) is 2.57. The van der Waals surface area contributed by atoms with Gasteiger partial charge in [0.05, 0.1) is 0 Å². The largest absolute Gasteiger partial charge is 0.177 e. The third-order valence-corrected chi connectivity index (χ3v) is 1.14. The Balaban J connectivity index is 0.000000461. The molecule has 1 aromatic rings. The SMILES string of the molecule is CC.CCCCc1nn[nH]n1. The maximum absolute atomic E-state index is 3.81. The average molecular weight is 156 g/mol. The van der Waals surface area contributed by atoms with Crippen LogP contribution in [0.2, 0.25) is 0 Å². The van der Waals surface area contributed by atoms with Gasteiger partial charge in [-0.2, -0.15) is 5.21 Å². The van der Waals surface area contributed by atoms with Gasteiger partial charge < -0.3 is 0 Å². The summed E-state index contributed by atoms with van der Waals surface area (Å²) in [5.41, 5.74) is 0. The van der Waals surface area contributed by atoms with Crippen LogP contribution in [0.3, 0.4) is 0 Å². The van der Waals surface area contributed by atoms with Crippen LogP contribution >= 0.6 is 0 Å². The topological polar surface area (TPSA) is 54.5 Å². The van der Waals surface area contributed by atoms with Gasteiger partial charge in [0.1, 0.15) is 0 Å². The standard InChI is InChI=1S/C5H10N4.C2H6/c1-2-3-4-5-6-8-9-7-5;1-2/h2-4H2,1H3,(H,6,7,8,9);1-2H3. The van der Waals surface area contributed by atoms with Crippen molar-refractivity contribution in [2.24, 2.45) is 0 Å². The van der Waals surface area contributed by atoms with E-state index in [0.29, 0.717) is 0 Å². The molecule has 0 atom stereocenters. The van der Waals surface area contributed by atoms with E-state index in [4.69, 9.17) is 0 Å². The molecule has 0 fully saturated rings. The second kappa shape index (κ2) is 7.18. The van der Waals surface area contributed by atoms with Gasteiger partial charge in [0.25, 0.3) is 0 Å². The molecule has 0 spiro atoms. The van der Waals surface area contributed by atoms with E-state index in [0.717, 1.165) is 18.7 Å². The van der Waals surface area contributed by atoms with Gasteiger partial charge in [0.2, 0.25) is 0 Å². The summed E-state index contributed by atoms with van der Waals surface area (Å²) in [5, 5.41) is 13.5. The van der Waals surface area contributed by atoms with Gasteiger partial charge in [-0.1, -0.05) is 32.4 Å². The highest BCUT2D eigenvalue weighted by molar-refractivity contribution is 4.74. The zero-order valence-corrected chi connectivity index (χ0v) is 7.46. The van der Waals surface area contributed by atoms with Crippen molar-refractivity contribution in [1.82, 2.24) is 20.6 Å². The smallest absolute Gasteiger partial charge is 0.174 e. The molecule has 0 aliphatic heterocycles. The van der Waals surface area contributed by atoms with E-state index >= 15 is 0 Å². The Morgan fingerprint density at radius 3 is 2.55 bits per heavy atom. The summed E-state index contributed by atoms with van der Waals surface area (Å²) in [4.78, 5) is 0. The van der Waals surface area contributed by atoms with Crippen LogP contribution < -0.4 is 0 Å². The molecule has 64 valence electrons. The fourth-order valence-electron chi connectivity index (χ4n) is 0.623. The number of tetrazole rings is 1. The fourth-order valence-corrected chi connectivity index (χ4v) is 0.623. The molecule has 0 aliphatic carbocycles. The van der Waals surface area contributed by atoms with Gasteiger partial charge in [-0.15, -0.1) is 10.2 Å². The lowest BCUT2D eigenvalue weighted by atomic mass is 10.2. The summed E-state index contributed by atoms with van der Waals surface area (Å²) >= 11 is 0. The van der Waals surface area contributed by atoms with Crippen molar-refractivity contribution in [3.63, 3.8) is 0 Å². The predicted molar refractivity (Wildman–Crippen MR) is 44.1 cm³/mol. The molecule has 4 nitrogen and oxygen atoms in total. The fraction of sp³-hybridized carbons (Fsp3) is 0.857. The quantitative estimate of drug-likeness (QED) is 0.722. The lowest BCUT2D eigenvalue weighted by Gasteiger charge is -1.86. The monoisotopic (exact) mass is 156 g/mol. The highest BCUT2D eigenvalue weighted by atomic mass is 15.5. The molecule has 0 aromatic carbocycles. The van der Waals surface area contributed by atoms with Crippen LogP contribution in [-0.4, -0.2) is 20.6 Å². The molecule has 1 heterocycles. The lowest BCUT2D eigenvalue weighted by Crippen LogP contribution is -1.86. The second-order valence-corrected chi connectivity index (χ2v) is 1.93. The maximum atomic E-state index is 3.81. The van der Waals surface area contributed by atoms with Gasteiger partial charge in [-0.05, 0) is 6.42 Å². The van der Waals surface area contributed by atoms with Gasteiger partial charge in [0.15, 0.2) is 5.82 Å². The molecule has 1 aromatic heterocycles. The summed E-state index contributed by atoms with van der Waals surface area (Å²) < 4.78 is 0. The van der Waals surface area contributed by atoms with Crippen LogP contribution in [0.25, 0.3) is 0 Å². The third kappa shape index (κ3) is 4.47. The van der Waals surface area contributed by atoms with Crippen LogP contribution in [-0.2, 0) is 6.42 Å². The number of rotatable bonds is 3. The van der Waals surface area contributed by atoms with E-state index in [1.165, 1.54) is 6.42 Å².